The van der Waals surface area contributed by atoms with Crippen LogP contribution in [0, 0.1) is 0 Å². The molecule has 2 N–H and O–H groups in total. The normalized spacial score (nSPS) is 11.4. The smallest absolute Gasteiger partial charge is 0.174 e. The maximum absolute atomic E-state index is 12.8. The Morgan fingerprint density at radius 1 is 1.05 bits per heavy atom. The second kappa shape index (κ2) is 5.47. The molecular weight excluding hydrogens is 293 g/mol. The molecule has 0 heterocycles. The number of nitrogens with two attached hydrogens (primary N) is 1. The van der Waals surface area contributed by atoms with Crippen LogP contribution in [0.15, 0.2) is 42.5 Å². The third kappa shape index (κ3) is 2.67. The largest absolute Gasteiger partial charge is 0.399 e. The first-order valence-electron chi connectivity index (χ1n) is 6.19. The molecule has 0 radical (unpaired) electrons. The zero-order valence-corrected chi connectivity index (χ0v) is 12.8. The predicted octanol–water partition coefficient (Wildman–Crippen LogP) is 4.74. The van der Waals surface area contributed by atoms with Crippen LogP contribution in [0.4, 0.5) is 5.69 Å². The third-order valence-electron chi connectivity index (χ3n) is 3.40. The minimum atomic E-state index is -0.706. The molecule has 0 spiro atoms. The molecule has 104 valence electrons. The topological polar surface area (TPSA) is 43.1 Å². The Morgan fingerprint density at radius 3 is 2.25 bits per heavy atom. The van der Waals surface area contributed by atoms with Gasteiger partial charge in [0.25, 0.3) is 0 Å². The Balaban J connectivity index is 2.45. The SMILES string of the molecule is CC(C)(C(=O)c1cccc(Cl)c1Cl)c1ccc(N)cc1. The maximum atomic E-state index is 12.8. The molecule has 0 atom stereocenters. The van der Waals surface area contributed by atoms with Gasteiger partial charge in [0.05, 0.1) is 15.5 Å². The number of Topliss-reactive ketones (excluding diaryl/α,β-unsaturated/α-hetero) is 1. The van der Waals surface area contributed by atoms with Crippen molar-refractivity contribution in [3.05, 3.63) is 63.6 Å². The van der Waals surface area contributed by atoms with Gasteiger partial charge in [-0.05, 0) is 43.7 Å². The van der Waals surface area contributed by atoms with Gasteiger partial charge in [0.15, 0.2) is 5.78 Å². The van der Waals surface area contributed by atoms with Gasteiger partial charge < -0.3 is 5.73 Å². The number of anilines is 1. The lowest BCUT2D eigenvalue weighted by Crippen LogP contribution is -2.29. The van der Waals surface area contributed by atoms with E-state index in [1.807, 2.05) is 26.0 Å². The van der Waals surface area contributed by atoms with Crippen molar-refractivity contribution in [3.63, 3.8) is 0 Å². The Morgan fingerprint density at radius 2 is 1.65 bits per heavy atom. The summed E-state index contributed by atoms with van der Waals surface area (Å²) in [6, 6.07) is 12.3. The maximum Gasteiger partial charge on any atom is 0.174 e. The number of hydrogen-bond acceptors (Lipinski definition) is 2. The van der Waals surface area contributed by atoms with Gasteiger partial charge in [-0.15, -0.1) is 0 Å². The summed E-state index contributed by atoms with van der Waals surface area (Å²) in [5.41, 5.74) is 6.95. The van der Waals surface area contributed by atoms with E-state index in [9.17, 15) is 4.79 Å². The van der Waals surface area contributed by atoms with E-state index in [1.165, 1.54) is 0 Å². The van der Waals surface area contributed by atoms with E-state index in [1.54, 1.807) is 30.3 Å². The molecule has 2 aromatic rings. The molecule has 2 rings (SSSR count). The summed E-state index contributed by atoms with van der Waals surface area (Å²) < 4.78 is 0. The predicted molar refractivity (Wildman–Crippen MR) is 84.7 cm³/mol. The molecule has 0 bridgehead atoms. The molecule has 20 heavy (non-hydrogen) atoms. The van der Waals surface area contributed by atoms with Crippen LogP contribution >= 0.6 is 23.2 Å². The number of nitrogen functional groups attached to an aromatic ring is 1. The van der Waals surface area contributed by atoms with Gasteiger partial charge in [-0.3, -0.25) is 4.79 Å². The van der Waals surface area contributed by atoms with Gasteiger partial charge in [-0.25, -0.2) is 0 Å². The van der Waals surface area contributed by atoms with Gasteiger partial charge in [0, 0.05) is 11.3 Å². The van der Waals surface area contributed by atoms with Crippen molar-refractivity contribution in [2.75, 3.05) is 5.73 Å². The van der Waals surface area contributed by atoms with Crippen molar-refractivity contribution in [3.8, 4) is 0 Å². The Labute approximate surface area is 128 Å². The fourth-order valence-corrected chi connectivity index (χ4v) is 2.43. The fraction of sp³-hybridized carbons (Fsp3) is 0.188. The van der Waals surface area contributed by atoms with Crippen LogP contribution in [0.1, 0.15) is 29.8 Å². The van der Waals surface area contributed by atoms with Crippen LogP contribution in [0.2, 0.25) is 10.0 Å². The number of benzene rings is 2. The van der Waals surface area contributed by atoms with Crippen LogP contribution < -0.4 is 5.73 Å². The van der Waals surface area contributed by atoms with E-state index in [0.29, 0.717) is 21.3 Å². The van der Waals surface area contributed by atoms with Gasteiger partial charge in [0.1, 0.15) is 0 Å². The van der Waals surface area contributed by atoms with Gasteiger partial charge in [0.2, 0.25) is 0 Å². The average Bonchev–Trinajstić information content (AvgIpc) is 2.41. The van der Waals surface area contributed by atoms with Crippen LogP contribution in [0.3, 0.4) is 0 Å². The van der Waals surface area contributed by atoms with Crippen LogP contribution in [-0.2, 0) is 5.41 Å². The lowest BCUT2D eigenvalue weighted by atomic mass is 9.78. The highest BCUT2D eigenvalue weighted by Crippen LogP contribution is 2.33. The first-order valence-corrected chi connectivity index (χ1v) is 6.94. The number of ketones is 1. The van der Waals surface area contributed by atoms with E-state index in [-0.39, 0.29) is 5.78 Å². The summed E-state index contributed by atoms with van der Waals surface area (Å²) in [7, 11) is 0. The van der Waals surface area contributed by atoms with Crippen LogP contribution in [0.5, 0.6) is 0 Å². The van der Waals surface area contributed by atoms with Crippen molar-refractivity contribution in [1.29, 1.82) is 0 Å². The molecule has 0 aliphatic rings. The van der Waals surface area contributed by atoms with Crippen molar-refractivity contribution < 1.29 is 4.79 Å². The molecule has 0 saturated heterocycles. The second-order valence-corrected chi connectivity index (χ2v) is 5.96. The monoisotopic (exact) mass is 307 g/mol. The molecule has 0 fully saturated rings. The Kier molecular flexibility index (Phi) is 4.07. The summed E-state index contributed by atoms with van der Waals surface area (Å²) in [6.07, 6.45) is 0. The summed E-state index contributed by atoms with van der Waals surface area (Å²) in [5.74, 6) is -0.0743. The summed E-state index contributed by atoms with van der Waals surface area (Å²) >= 11 is 12.1. The summed E-state index contributed by atoms with van der Waals surface area (Å²) in [5, 5.41) is 0.674. The van der Waals surface area contributed by atoms with Gasteiger partial charge in [-0.1, -0.05) is 41.4 Å². The number of hydrogen-bond donors (Lipinski definition) is 1. The molecule has 0 aliphatic heterocycles. The van der Waals surface area contributed by atoms with Crippen molar-refractivity contribution in [2.24, 2.45) is 0 Å². The lowest BCUT2D eigenvalue weighted by Gasteiger charge is -2.24. The zero-order chi connectivity index (χ0) is 14.9. The molecular formula is C16H15Cl2NO. The van der Waals surface area contributed by atoms with E-state index in [0.717, 1.165) is 5.56 Å². The quantitative estimate of drug-likeness (QED) is 0.657. The number of rotatable bonds is 3. The molecule has 0 amide bonds. The lowest BCUT2D eigenvalue weighted by molar-refractivity contribution is 0.0909. The summed E-state index contributed by atoms with van der Waals surface area (Å²) in [4.78, 5) is 12.8. The molecule has 0 aromatic heterocycles. The summed E-state index contributed by atoms with van der Waals surface area (Å²) in [6.45, 7) is 3.72. The Bertz CT molecular complexity index is 648. The highest BCUT2D eigenvalue weighted by atomic mass is 35.5. The van der Waals surface area contributed by atoms with Crippen LogP contribution in [-0.4, -0.2) is 5.78 Å². The third-order valence-corrected chi connectivity index (χ3v) is 4.22. The minimum Gasteiger partial charge on any atom is -0.399 e. The van der Waals surface area contributed by atoms with Crippen LogP contribution in [0.25, 0.3) is 0 Å². The minimum absolute atomic E-state index is 0.0743. The number of carbonyl (C=O) groups is 1. The zero-order valence-electron chi connectivity index (χ0n) is 11.3. The highest BCUT2D eigenvalue weighted by molar-refractivity contribution is 6.44. The highest BCUT2D eigenvalue weighted by Gasteiger charge is 2.32. The first kappa shape index (κ1) is 14.9. The molecule has 4 heteroatoms. The van der Waals surface area contributed by atoms with E-state index >= 15 is 0 Å². The van der Waals surface area contributed by atoms with Crippen molar-refractivity contribution in [1.82, 2.24) is 0 Å². The molecule has 2 aromatic carbocycles. The second-order valence-electron chi connectivity index (χ2n) is 5.18. The molecule has 0 saturated carbocycles. The molecule has 0 aliphatic carbocycles. The fourth-order valence-electron chi connectivity index (χ4n) is 2.05. The standard InChI is InChI=1S/C16H15Cl2NO/c1-16(2,10-6-8-11(19)9-7-10)15(20)12-4-3-5-13(17)14(12)18/h3-9H,19H2,1-2H3. The van der Waals surface area contributed by atoms with Crippen molar-refractivity contribution >= 4 is 34.7 Å². The van der Waals surface area contributed by atoms with E-state index in [4.69, 9.17) is 28.9 Å². The number of halogens is 2. The molecule has 0 unspecified atom stereocenters. The van der Waals surface area contributed by atoms with Gasteiger partial charge >= 0.3 is 0 Å². The van der Waals surface area contributed by atoms with E-state index < -0.39 is 5.41 Å². The van der Waals surface area contributed by atoms with E-state index in [2.05, 4.69) is 0 Å². The average molecular weight is 308 g/mol. The Hall–Kier alpha value is -1.51. The number of carbonyl (C=O) groups excluding carboxylic acids is 1. The molecule has 2 nitrogen and oxygen atoms in total. The van der Waals surface area contributed by atoms with Crippen molar-refractivity contribution in [2.45, 2.75) is 19.3 Å². The van der Waals surface area contributed by atoms with Gasteiger partial charge in [-0.2, -0.15) is 0 Å². The first-order chi connectivity index (χ1) is 9.34.